The number of fused-ring (bicyclic) bond motifs is 1. The van der Waals surface area contributed by atoms with Crippen molar-refractivity contribution in [2.45, 2.75) is 0 Å². The van der Waals surface area contributed by atoms with E-state index < -0.39 is 0 Å². The number of pyridine rings is 1. The summed E-state index contributed by atoms with van der Waals surface area (Å²) >= 11 is 0. The van der Waals surface area contributed by atoms with Crippen molar-refractivity contribution in [3.8, 4) is 5.88 Å². The van der Waals surface area contributed by atoms with Crippen LogP contribution in [0, 0.1) is 0 Å². The second-order valence-electron chi connectivity index (χ2n) is 2.48. The highest BCUT2D eigenvalue weighted by Gasteiger charge is 2.02. The minimum atomic E-state index is 0.382. The summed E-state index contributed by atoms with van der Waals surface area (Å²) in [6.07, 6.45) is 3.10. The number of aromatic nitrogens is 3. The van der Waals surface area contributed by atoms with E-state index >= 15 is 0 Å². The van der Waals surface area contributed by atoms with Crippen molar-refractivity contribution in [1.29, 1.82) is 0 Å². The van der Waals surface area contributed by atoms with Gasteiger partial charge in [0.25, 0.3) is 0 Å². The van der Waals surface area contributed by atoms with Crippen LogP contribution in [0.25, 0.3) is 11.0 Å². The molecular formula is C8H8N4O. The molecule has 0 bridgehead atoms. The zero-order valence-corrected chi connectivity index (χ0v) is 7.06. The summed E-state index contributed by atoms with van der Waals surface area (Å²) in [6, 6.07) is 1.74. The standard InChI is InChI=1S/C8H8N4O/c1-13-6-4-11-7-5(12-6)2-3-10-8(7)9/h2-4H,1H3,(H2,9,10). The third kappa shape index (κ3) is 1.24. The van der Waals surface area contributed by atoms with E-state index in [4.69, 9.17) is 10.5 Å². The third-order valence-electron chi connectivity index (χ3n) is 1.68. The zero-order valence-electron chi connectivity index (χ0n) is 7.06. The van der Waals surface area contributed by atoms with Crippen LogP contribution in [0.5, 0.6) is 5.88 Å². The van der Waals surface area contributed by atoms with Gasteiger partial charge in [0.15, 0.2) is 5.82 Å². The fourth-order valence-corrected chi connectivity index (χ4v) is 1.05. The summed E-state index contributed by atoms with van der Waals surface area (Å²) in [4.78, 5) is 12.1. The largest absolute Gasteiger partial charge is 0.480 e. The molecule has 2 N–H and O–H groups in total. The molecule has 0 radical (unpaired) electrons. The average Bonchev–Trinajstić information content (AvgIpc) is 2.18. The first-order valence-electron chi connectivity index (χ1n) is 3.72. The predicted octanol–water partition coefficient (Wildman–Crippen LogP) is 0.616. The normalized spacial score (nSPS) is 10.2. The molecule has 0 aliphatic heterocycles. The van der Waals surface area contributed by atoms with Gasteiger partial charge in [-0.3, -0.25) is 0 Å². The molecule has 2 aromatic heterocycles. The van der Waals surface area contributed by atoms with Crippen LogP contribution in [0.2, 0.25) is 0 Å². The Morgan fingerprint density at radius 2 is 2.23 bits per heavy atom. The maximum atomic E-state index is 5.59. The molecule has 0 spiro atoms. The Labute approximate surface area is 74.6 Å². The van der Waals surface area contributed by atoms with Crippen LogP contribution in [0.4, 0.5) is 5.82 Å². The van der Waals surface area contributed by atoms with E-state index in [1.165, 1.54) is 6.20 Å². The van der Waals surface area contributed by atoms with Crippen molar-refractivity contribution in [3.63, 3.8) is 0 Å². The molecule has 0 fully saturated rings. The maximum Gasteiger partial charge on any atom is 0.232 e. The molecule has 0 aliphatic rings. The quantitative estimate of drug-likeness (QED) is 0.689. The molecule has 5 heteroatoms. The van der Waals surface area contributed by atoms with Crippen molar-refractivity contribution in [1.82, 2.24) is 15.0 Å². The van der Waals surface area contributed by atoms with Gasteiger partial charge in [-0.25, -0.2) is 15.0 Å². The Kier molecular flexibility index (Phi) is 1.70. The molecule has 0 saturated carbocycles. The van der Waals surface area contributed by atoms with E-state index in [2.05, 4.69) is 15.0 Å². The van der Waals surface area contributed by atoms with Gasteiger partial charge in [0, 0.05) is 6.20 Å². The first-order chi connectivity index (χ1) is 6.31. The van der Waals surface area contributed by atoms with Gasteiger partial charge in [-0.1, -0.05) is 0 Å². The summed E-state index contributed by atoms with van der Waals surface area (Å²) in [5.41, 5.74) is 6.88. The van der Waals surface area contributed by atoms with Gasteiger partial charge < -0.3 is 10.5 Å². The van der Waals surface area contributed by atoms with Crippen molar-refractivity contribution >= 4 is 16.9 Å². The fraction of sp³-hybridized carbons (Fsp3) is 0.125. The van der Waals surface area contributed by atoms with Gasteiger partial charge in [0.2, 0.25) is 5.88 Å². The molecular weight excluding hydrogens is 168 g/mol. The average molecular weight is 176 g/mol. The highest BCUT2D eigenvalue weighted by Crippen LogP contribution is 2.16. The lowest BCUT2D eigenvalue weighted by molar-refractivity contribution is 0.397. The maximum absolute atomic E-state index is 5.59. The van der Waals surface area contributed by atoms with E-state index in [9.17, 15) is 0 Å². The minimum absolute atomic E-state index is 0.382. The van der Waals surface area contributed by atoms with E-state index in [0.29, 0.717) is 22.7 Å². The second-order valence-corrected chi connectivity index (χ2v) is 2.48. The van der Waals surface area contributed by atoms with Crippen molar-refractivity contribution in [2.24, 2.45) is 0 Å². The Morgan fingerprint density at radius 1 is 1.38 bits per heavy atom. The number of nitrogen functional groups attached to an aromatic ring is 1. The van der Waals surface area contributed by atoms with E-state index in [-0.39, 0.29) is 0 Å². The smallest absolute Gasteiger partial charge is 0.232 e. The first kappa shape index (κ1) is 7.72. The molecule has 0 unspecified atom stereocenters. The van der Waals surface area contributed by atoms with Gasteiger partial charge in [-0.2, -0.15) is 0 Å². The lowest BCUT2D eigenvalue weighted by atomic mass is 10.3. The van der Waals surface area contributed by atoms with Crippen LogP contribution < -0.4 is 10.5 Å². The summed E-state index contributed by atoms with van der Waals surface area (Å²) in [5.74, 6) is 0.853. The highest BCUT2D eigenvalue weighted by molar-refractivity contribution is 5.83. The first-order valence-corrected chi connectivity index (χ1v) is 3.72. The molecule has 2 rings (SSSR count). The van der Waals surface area contributed by atoms with Crippen LogP contribution in [0.3, 0.4) is 0 Å². The van der Waals surface area contributed by atoms with Gasteiger partial charge in [0.1, 0.15) is 5.52 Å². The number of nitrogens with zero attached hydrogens (tertiary/aromatic N) is 3. The molecule has 5 nitrogen and oxygen atoms in total. The minimum Gasteiger partial charge on any atom is -0.480 e. The fourth-order valence-electron chi connectivity index (χ4n) is 1.05. The number of hydrogen-bond acceptors (Lipinski definition) is 5. The SMILES string of the molecule is COc1cnc2c(N)nccc2n1. The number of rotatable bonds is 1. The molecule has 0 saturated heterocycles. The third-order valence-corrected chi connectivity index (χ3v) is 1.68. The van der Waals surface area contributed by atoms with Crippen LogP contribution in [-0.4, -0.2) is 22.1 Å². The molecule has 2 aromatic rings. The number of anilines is 1. The molecule has 0 aromatic carbocycles. The van der Waals surface area contributed by atoms with Gasteiger partial charge >= 0.3 is 0 Å². The topological polar surface area (TPSA) is 73.9 Å². The number of nitrogens with two attached hydrogens (primary N) is 1. The highest BCUT2D eigenvalue weighted by atomic mass is 16.5. The molecule has 13 heavy (non-hydrogen) atoms. The van der Waals surface area contributed by atoms with Crippen LogP contribution in [0.15, 0.2) is 18.5 Å². The molecule has 0 atom stereocenters. The molecule has 66 valence electrons. The van der Waals surface area contributed by atoms with Crippen LogP contribution in [0.1, 0.15) is 0 Å². The van der Waals surface area contributed by atoms with E-state index in [1.807, 2.05) is 0 Å². The van der Waals surface area contributed by atoms with Crippen molar-refractivity contribution < 1.29 is 4.74 Å². The van der Waals surface area contributed by atoms with Gasteiger partial charge in [0.05, 0.1) is 18.8 Å². The zero-order chi connectivity index (χ0) is 9.26. The lowest BCUT2D eigenvalue weighted by Crippen LogP contribution is -1.96. The van der Waals surface area contributed by atoms with E-state index in [1.54, 1.807) is 19.4 Å². The summed E-state index contributed by atoms with van der Waals surface area (Å²) in [7, 11) is 1.54. The number of ether oxygens (including phenoxy) is 1. The van der Waals surface area contributed by atoms with Crippen molar-refractivity contribution in [2.75, 3.05) is 12.8 Å². The van der Waals surface area contributed by atoms with Gasteiger partial charge in [-0.05, 0) is 6.07 Å². The predicted molar refractivity (Wildman–Crippen MR) is 48.3 cm³/mol. The summed E-state index contributed by atoms with van der Waals surface area (Å²) in [6.45, 7) is 0. The molecule has 0 amide bonds. The summed E-state index contributed by atoms with van der Waals surface area (Å²) < 4.78 is 4.93. The van der Waals surface area contributed by atoms with Crippen LogP contribution >= 0.6 is 0 Å². The number of hydrogen-bond donors (Lipinski definition) is 1. The Hall–Kier alpha value is -1.91. The monoisotopic (exact) mass is 176 g/mol. The van der Waals surface area contributed by atoms with Crippen LogP contribution in [-0.2, 0) is 0 Å². The molecule has 2 heterocycles. The second kappa shape index (κ2) is 2.85. The van der Waals surface area contributed by atoms with Gasteiger partial charge in [-0.15, -0.1) is 0 Å². The Bertz CT molecular complexity index is 443. The molecule has 0 aliphatic carbocycles. The lowest BCUT2D eigenvalue weighted by Gasteiger charge is -2.01. The Balaban J connectivity index is 2.72. The summed E-state index contributed by atoms with van der Waals surface area (Å²) in [5, 5.41) is 0. The Morgan fingerprint density at radius 3 is 3.00 bits per heavy atom. The number of methoxy groups -OCH3 is 1. The van der Waals surface area contributed by atoms with E-state index in [0.717, 1.165) is 0 Å². The van der Waals surface area contributed by atoms with Crippen molar-refractivity contribution in [3.05, 3.63) is 18.5 Å².